The Hall–Kier alpha value is -2.78. The van der Waals surface area contributed by atoms with Crippen molar-refractivity contribution in [1.82, 2.24) is 0 Å². The van der Waals surface area contributed by atoms with E-state index in [-0.39, 0.29) is 5.82 Å². The molecule has 1 aliphatic rings. The van der Waals surface area contributed by atoms with Crippen LogP contribution in [0.3, 0.4) is 0 Å². The molecule has 1 saturated carbocycles. The van der Waals surface area contributed by atoms with E-state index in [0.717, 1.165) is 27.9 Å². The van der Waals surface area contributed by atoms with E-state index in [0.29, 0.717) is 5.56 Å². The molecule has 5 rings (SSSR count). The van der Waals surface area contributed by atoms with Crippen LogP contribution in [0.15, 0.2) is 72.9 Å². The van der Waals surface area contributed by atoms with Crippen LogP contribution < -0.4 is 9.75 Å². The summed E-state index contributed by atoms with van der Waals surface area (Å²) >= 11 is 0. The van der Waals surface area contributed by atoms with Gasteiger partial charge < -0.3 is 0 Å². The molecule has 0 atom stereocenters. The van der Waals surface area contributed by atoms with E-state index < -0.39 is 8.07 Å². The van der Waals surface area contributed by atoms with Crippen LogP contribution in [0.5, 0.6) is 0 Å². The molecule has 4 aromatic rings. The first-order valence-electron chi connectivity index (χ1n) is 12.6. The van der Waals surface area contributed by atoms with Crippen molar-refractivity contribution in [3.05, 3.63) is 84.3 Å². The zero-order valence-corrected chi connectivity index (χ0v) is 21.9. The van der Waals surface area contributed by atoms with Gasteiger partial charge in [0.05, 0.1) is 19.0 Å². The Bertz CT molecular complexity index is 1340. The fourth-order valence-corrected chi connectivity index (χ4v) is 9.30. The maximum atomic E-state index is 15.0. The van der Waals surface area contributed by atoms with E-state index >= 15 is 4.39 Å². The lowest BCUT2D eigenvalue weighted by Gasteiger charge is -2.36. The molecule has 174 valence electrons. The molecule has 0 bridgehead atoms. The Kier molecular flexibility index (Phi) is 6.16. The number of halogens is 1. The number of benzene rings is 3. The van der Waals surface area contributed by atoms with Gasteiger partial charge in [0.2, 0.25) is 5.69 Å². The highest BCUT2D eigenvalue weighted by Gasteiger charge is 2.34. The van der Waals surface area contributed by atoms with Crippen molar-refractivity contribution >= 4 is 24.0 Å². The summed E-state index contributed by atoms with van der Waals surface area (Å²) in [5.41, 5.74) is 5.64. The first-order chi connectivity index (χ1) is 16.4. The molecule has 3 heteroatoms. The van der Waals surface area contributed by atoms with Crippen LogP contribution in [0.4, 0.5) is 4.39 Å². The molecule has 0 N–H and O–H groups in total. The predicted octanol–water partition coefficient (Wildman–Crippen LogP) is 7.70. The molecule has 1 nitrogen and oxygen atoms in total. The Morgan fingerprint density at radius 2 is 1.59 bits per heavy atom. The second kappa shape index (κ2) is 9.11. The van der Waals surface area contributed by atoms with Crippen LogP contribution in [0.1, 0.15) is 37.7 Å². The van der Waals surface area contributed by atoms with Gasteiger partial charge >= 0.3 is 0 Å². The van der Waals surface area contributed by atoms with Gasteiger partial charge in [-0.2, -0.15) is 0 Å². The SMILES string of the molecule is Cc1cc(F)c(-c2ccccc2)cc1-c1c2ccc([Si](C)(C)C3CCCCC3)cc2cc[n+]1C. The highest BCUT2D eigenvalue weighted by atomic mass is 28.3. The molecular formula is C31H35FNSi+. The van der Waals surface area contributed by atoms with Crippen LogP contribution in [0, 0.1) is 12.7 Å². The molecule has 1 aliphatic carbocycles. The average Bonchev–Trinajstić information content (AvgIpc) is 2.85. The van der Waals surface area contributed by atoms with Gasteiger partial charge in [-0.3, -0.25) is 0 Å². The summed E-state index contributed by atoms with van der Waals surface area (Å²) in [5, 5.41) is 4.08. The molecule has 0 saturated heterocycles. The van der Waals surface area contributed by atoms with Gasteiger partial charge in [0.25, 0.3) is 0 Å². The van der Waals surface area contributed by atoms with E-state index in [1.54, 1.807) is 11.3 Å². The third-order valence-electron chi connectivity index (χ3n) is 8.16. The highest BCUT2D eigenvalue weighted by molar-refractivity contribution is 6.91. The van der Waals surface area contributed by atoms with E-state index in [1.807, 2.05) is 43.3 Å². The first kappa shape index (κ1) is 23.0. The van der Waals surface area contributed by atoms with Crippen LogP contribution >= 0.6 is 0 Å². The summed E-state index contributed by atoms with van der Waals surface area (Å²) in [6.07, 6.45) is 9.12. The van der Waals surface area contributed by atoms with Crippen LogP contribution in [0.2, 0.25) is 18.6 Å². The molecule has 0 radical (unpaired) electrons. The van der Waals surface area contributed by atoms with Crippen LogP contribution in [0.25, 0.3) is 33.2 Å². The van der Waals surface area contributed by atoms with Crippen molar-refractivity contribution in [1.29, 1.82) is 0 Å². The highest BCUT2D eigenvalue weighted by Crippen LogP contribution is 2.38. The van der Waals surface area contributed by atoms with Gasteiger partial charge in [-0.05, 0) is 47.2 Å². The number of hydrogen-bond acceptors (Lipinski definition) is 0. The zero-order chi connectivity index (χ0) is 23.9. The monoisotopic (exact) mass is 468 g/mol. The van der Waals surface area contributed by atoms with Gasteiger partial charge in [0.1, 0.15) is 12.9 Å². The molecule has 0 unspecified atom stereocenters. The second-order valence-corrected chi connectivity index (χ2v) is 15.5. The molecule has 3 aromatic carbocycles. The third-order valence-corrected chi connectivity index (χ3v) is 12.6. The largest absolute Gasteiger partial charge is 0.220 e. The van der Waals surface area contributed by atoms with Crippen molar-refractivity contribution in [3.63, 3.8) is 0 Å². The number of aromatic nitrogens is 1. The number of hydrogen-bond donors (Lipinski definition) is 0. The number of aryl methyl sites for hydroxylation is 2. The van der Waals surface area contributed by atoms with E-state index in [4.69, 9.17) is 0 Å². The fourth-order valence-electron chi connectivity index (χ4n) is 5.94. The first-order valence-corrected chi connectivity index (χ1v) is 15.7. The predicted molar refractivity (Wildman–Crippen MR) is 145 cm³/mol. The molecule has 0 aliphatic heterocycles. The Morgan fingerprint density at radius 1 is 0.853 bits per heavy atom. The van der Waals surface area contributed by atoms with Crippen molar-refractivity contribution in [3.8, 4) is 22.4 Å². The summed E-state index contributed by atoms with van der Waals surface area (Å²) in [6.45, 7) is 7.13. The van der Waals surface area contributed by atoms with Gasteiger partial charge in [-0.25, -0.2) is 8.96 Å². The standard InChI is InChI=1S/C31H35FNSi/c1-22-19-30(32)29(23-11-7-5-8-12-23)21-28(22)31-27-16-15-26(20-24(27)17-18-33(31)2)34(3,4)25-13-9-6-10-14-25/h5,7-8,11-12,15-21,25H,6,9-10,13-14H2,1-4H3/q+1. The number of rotatable bonds is 4. The number of pyridine rings is 1. The Morgan fingerprint density at radius 3 is 2.32 bits per heavy atom. The smallest absolute Gasteiger partial charge is 0.206 e. The van der Waals surface area contributed by atoms with Crippen molar-refractivity contribution < 1.29 is 8.96 Å². The molecule has 1 heterocycles. The molecule has 34 heavy (non-hydrogen) atoms. The normalized spacial score (nSPS) is 15.1. The van der Waals surface area contributed by atoms with Crippen LogP contribution in [-0.4, -0.2) is 8.07 Å². The van der Waals surface area contributed by atoms with Gasteiger partial charge in [-0.15, -0.1) is 0 Å². The third kappa shape index (κ3) is 4.11. The topological polar surface area (TPSA) is 3.88 Å². The summed E-state index contributed by atoms with van der Waals surface area (Å²) in [5.74, 6) is -0.169. The minimum absolute atomic E-state index is 0.169. The quantitative estimate of drug-likeness (QED) is 0.213. The molecule has 1 fully saturated rings. The summed E-state index contributed by atoms with van der Waals surface area (Å²) in [4.78, 5) is 0. The summed E-state index contributed by atoms with van der Waals surface area (Å²) < 4.78 is 17.2. The molecule has 0 amide bonds. The lowest BCUT2D eigenvalue weighted by atomic mass is 9.94. The van der Waals surface area contributed by atoms with Gasteiger partial charge in [0.15, 0.2) is 6.20 Å². The molecule has 0 spiro atoms. The lowest BCUT2D eigenvalue weighted by Crippen LogP contribution is -2.46. The molecule has 1 aromatic heterocycles. The van der Waals surface area contributed by atoms with Crippen molar-refractivity contribution in [2.24, 2.45) is 7.05 Å². The van der Waals surface area contributed by atoms with Gasteiger partial charge in [0, 0.05) is 11.6 Å². The Labute approximate surface area is 204 Å². The maximum absolute atomic E-state index is 15.0. The van der Waals surface area contributed by atoms with Crippen molar-refractivity contribution in [2.75, 3.05) is 0 Å². The van der Waals surface area contributed by atoms with E-state index in [9.17, 15) is 0 Å². The van der Waals surface area contributed by atoms with Crippen molar-refractivity contribution in [2.45, 2.75) is 57.7 Å². The maximum Gasteiger partial charge on any atom is 0.220 e. The minimum Gasteiger partial charge on any atom is -0.206 e. The minimum atomic E-state index is -1.53. The van der Waals surface area contributed by atoms with Crippen LogP contribution in [-0.2, 0) is 7.05 Å². The summed E-state index contributed by atoms with van der Waals surface area (Å²) in [7, 11) is 0.558. The number of nitrogens with zero attached hydrogens (tertiary/aromatic N) is 1. The Balaban J connectivity index is 1.64. The second-order valence-electron chi connectivity index (χ2n) is 10.6. The lowest BCUT2D eigenvalue weighted by molar-refractivity contribution is -0.659. The zero-order valence-electron chi connectivity index (χ0n) is 20.9. The average molecular weight is 469 g/mol. The fraction of sp³-hybridized carbons (Fsp3) is 0.323. The van der Waals surface area contributed by atoms with E-state index in [1.165, 1.54) is 42.9 Å². The van der Waals surface area contributed by atoms with E-state index in [2.05, 4.69) is 55.2 Å². The summed E-state index contributed by atoms with van der Waals surface area (Å²) in [6, 6.07) is 23.0. The van der Waals surface area contributed by atoms with Gasteiger partial charge in [-0.1, -0.05) is 92.8 Å². The number of fused-ring (bicyclic) bond motifs is 1. The molecular weight excluding hydrogens is 433 g/mol.